The van der Waals surface area contributed by atoms with Crippen LogP contribution in [-0.4, -0.2) is 11.7 Å². The fourth-order valence-electron chi connectivity index (χ4n) is 2.92. The second-order valence-electron chi connectivity index (χ2n) is 5.39. The molecule has 0 spiro atoms. The fraction of sp³-hybridized carbons (Fsp3) is 0.294. The molecule has 0 bridgehead atoms. The Morgan fingerprint density at radius 2 is 1.75 bits per heavy atom. The number of aromatic hydroxyl groups is 1. The summed E-state index contributed by atoms with van der Waals surface area (Å²) in [4.78, 5) is 0. The summed E-state index contributed by atoms with van der Waals surface area (Å²) in [6.45, 7) is 0.913. The van der Waals surface area contributed by atoms with Gasteiger partial charge < -0.3 is 16.2 Å². The molecule has 3 heteroatoms. The summed E-state index contributed by atoms with van der Waals surface area (Å²) in [6.07, 6.45) is 1.92. The minimum absolute atomic E-state index is 0.150. The van der Waals surface area contributed by atoms with E-state index < -0.39 is 0 Å². The summed E-state index contributed by atoms with van der Waals surface area (Å²) in [6, 6.07) is 16.3. The number of nitrogens with two attached hydrogens (primary N) is 1. The second-order valence-corrected chi connectivity index (χ2v) is 5.39. The summed E-state index contributed by atoms with van der Waals surface area (Å²) in [7, 11) is 0. The van der Waals surface area contributed by atoms with Gasteiger partial charge in [0.15, 0.2) is 0 Å². The van der Waals surface area contributed by atoms with Gasteiger partial charge in [-0.15, -0.1) is 0 Å². The Morgan fingerprint density at radius 1 is 1.05 bits per heavy atom. The van der Waals surface area contributed by atoms with Gasteiger partial charge in [0.25, 0.3) is 0 Å². The molecular formula is C17H20N2O. The number of hydrogen-bond acceptors (Lipinski definition) is 3. The highest BCUT2D eigenvalue weighted by Gasteiger charge is 2.27. The maximum Gasteiger partial charge on any atom is 0.115 e. The number of nitrogens with one attached hydrogen (secondary N) is 1. The third-order valence-corrected chi connectivity index (χ3v) is 4.00. The van der Waals surface area contributed by atoms with E-state index in [9.17, 15) is 5.11 Å². The summed E-state index contributed by atoms with van der Waals surface area (Å²) >= 11 is 0. The minimum Gasteiger partial charge on any atom is -0.508 e. The molecule has 0 radical (unpaired) electrons. The third kappa shape index (κ3) is 2.69. The first-order valence-corrected chi connectivity index (χ1v) is 7.10. The maximum atomic E-state index is 9.26. The molecule has 0 aliphatic heterocycles. The molecule has 2 aromatic rings. The van der Waals surface area contributed by atoms with Crippen LogP contribution in [0.3, 0.4) is 0 Å². The first kappa shape index (κ1) is 13.2. The van der Waals surface area contributed by atoms with Gasteiger partial charge in [-0.05, 0) is 48.2 Å². The molecule has 0 saturated carbocycles. The molecule has 2 aromatic carbocycles. The predicted molar refractivity (Wildman–Crippen MR) is 80.5 cm³/mol. The normalized spacial score (nSPS) is 20.9. The van der Waals surface area contributed by atoms with Crippen molar-refractivity contribution < 1.29 is 5.11 Å². The predicted octanol–water partition coefficient (Wildman–Crippen LogP) is 2.67. The lowest BCUT2D eigenvalue weighted by Gasteiger charge is -2.14. The average Bonchev–Trinajstić information content (AvgIpc) is 2.79. The SMILES string of the molecule is NC1CC(NCCc2ccc(O)cc2)c2ccccc21. The van der Waals surface area contributed by atoms with Gasteiger partial charge in [-0.1, -0.05) is 36.4 Å². The topological polar surface area (TPSA) is 58.3 Å². The first-order chi connectivity index (χ1) is 9.74. The monoisotopic (exact) mass is 268 g/mol. The molecule has 0 amide bonds. The molecule has 0 heterocycles. The smallest absolute Gasteiger partial charge is 0.115 e. The molecule has 104 valence electrons. The van der Waals surface area contributed by atoms with E-state index in [1.54, 1.807) is 12.1 Å². The summed E-state index contributed by atoms with van der Waals surface area (Å²) in [5.74, 6) is 0.317. The number of rotatable bonds is 4. The molecule has 1 aliphatic rings. The molecule has 4 N–H and O–H groups in total. The zero-order chi connectivity index (χ0) is 13.9. The summed E-state index contributed by atoms with van der Waals surface area (Å²) < 4.78 is 0. The molecule has 3 nitrogen and oxygen atoms in total. The molecule has 0 fully saturated rings. The van der Waals surface area contributed by atoms with Gasteiger partial charge in [-0.3, -0.25) is 0 Å². The van der Waals surface area contributed by atoms with Crippen LogP contribution < -0.4 is 11.1 Å². The van der Waals surface area contributed by atoms with Gasteiger partial charge in [0.2, 0.25) is 0 Å². The second kappa shape index (κ2) is 5.65. The Labute approximate surface area is 119 Å². The van der Waals surface area contributed by atoms with E-state index in [2.05, 4.69) is 29.6 Å². The third-order valence-electron chi connectivity index (χ3n) is 4.00. The van der Waals surface area contributed by atoms with Crippen LogP contribution in [-0.2, 0) is 6.42 Å². The van der Waals surface area contributed by atoms with Crippen molar-refractivity contribution in [2.45, 2.75) is 24.9 Å². The van der Waals surface area contributed by atoms with Crippen LogP contribution >= 0.6 is 0 Å². The molecule has 0 aromatic heterocycles. The fourth-order valence-corrected chi connectivity index (χ4v) is 2.92. The van der Waals surface area contributed by atoms with Gasteiger partial charge in [-0.25, -0.2) is 0 Å². The van der Waals surface area contributed by atoms with Crippen LogP contribution in [0.4, 0.5) is 0 Å². The van der Waals surface area contributed by atoms with E-state index >= 15 is 0 Å². The van der Waals surface area contributed by atoms with Crippen molar-refractivity contribution in [3.63, 3.8) is 0 Å². The van der Waals surface area contributed by atoms with E-state index in [1.807, 2.05) is 12.1 Å². The quantitative estimate of drug-likeness (QED) is 0.799. The van der Waals surface area contributed by atoms with Crippen LogP contribution in [0.5, 0.6) is 5.75 Å². The number of hydrogen-bond donors (Lipinski definition) is 3. The first-order valence-electron chi connectivity index (χ1n) is 7.10. The Kier molecular flexibility index (Phi) is 3.72. The van der Waals surface area contributed by atoms with Gasteiger partial charge in [0.1, 0.15) is 5.75 Å². The number of benzene rings is 2. The van der Waals surface area contributed by atoms with E-state index in [0.29, 0.717) is 11.8 Å². The van der Waals surface area contributed by atoms with Gasteiger partial charge in [0.05, 0.1) is 0 Å². The van der Waals surface area contributed by atoms with Crippen LogP contribution in [0, 0.1) is 0 Å². The standard InChI is InChI=1S/C17H20N2O/c18-16-11-17(15-4-2-1-3-14(15)16)19-10-9-12-5-7-13(20)8-6-12/h1-8,16-17,19-20H,9-11,18H2. The Balaban J connectivity index is 1.59. The highest BCUT2D eigenvalue weighted by Crippen LogP contribution is 2.36. The Morgan fingerprint density at radius 3 is 2.50 bits per heavy atom. The highest BCUT2D eigenvalue weighted by atomic mass is 16.3. The minimum atomic E-state index is 0.150. The van der Waals surface area contributed by atoms with E-state index in [1.165, 1.54) is 16.7 Å². The molecule has 2 unspecified atom stereocenters. The zero-order valence-corrected chi connectivity index (χ0v) is 11.4. The lowest BCUT2D eigenvalue weighted by Crippen LogP contribution is -2.22. The zero-order valence-electron chi connectivity index (χ0n) is 11.4. The summed E-state index contributed by atoms with van der Waals surface area (Å²) in [5, 5.41) is 12.9. The lowest BCUT2D eigenvalue weighted by atomic mass is 10.1. The van der Waals surface area contributed by atoms with Crippen molar-refractivity contribution in [3.8, 4) is 5.75 Å². The van der Waals surface area contributed by atoms with Gasteiger partial charge in [0, 0.05) is 12.1 Å². The summed E-state index contributed by atoms with van der Waals surface area (Å²) in [5.41, 5.74) is 10.0. The highest BCUT2D eigenvalue weighted by molar-refractivity contribution is 5.37. The van der Waals surface area contributed by atoms with Crippen molar-refractivity contribution in [3.05, 3.63) is 65.2 Å². The largest absolute Gasteiger partial charge is 0.508 e. The number of phenolic OH excluding ortho intramolecular Hbond substituents is 1. The van der Waals surface area contributed by atoms with Crippen molar-refractivity contribution in [2.24, 2.45) is 5.73 Å². The van der Waals surface area contributed by atoms with E-state index in [0.717, 1.165) is 19.4 Å². The Hall–Kier alpha value is -1.84. The van der Waals surface area contributed by atoms with E-state index in [-0.39, 0.29) is 6.04 Å². The number of fused-ring (bicyclic) bond motifs is 1. The maximum absolute atomic E-state index is 9.26. The Bertz CT molecular complexity index is 580. The van der Waals surface area contributed by atoms with Crippen molar-refractivity contribution in [1.29, 1.82) is 0 Å². The molecule has 0 saturated heterocycles. The van der Waals surface area contributed by atoms with Crippen molar-refractivity contribution in [1.82, 2.24) is 5.32 Å². The van der Waals surface area contributed by atoms with Gasteiger partial charge in [-0.2, -0.15) is 0 Å². The molecular weight excluding hydrogens is 248 g/mol. The van der Waals surface area contributed by atoms with Crippen LogP contribution in [0.15, 0.2) is 48.5 Å². The molecule has 1 aliphatic carbocycles. The molecule has 20 heavy (non-hydrogen) atoms. The van der Waals surface area contributed by atoms with Gasteiger partial charge >= 0.3 is 0 Å². The lowest BCUT2D eigenvalue weighted by molar-refractivity contribution is 0.474. The number of phenols is 1. The van der Waals surface area contributed by atoms with Crippen LogP contribution in [0.2, 0.25) is 0 Å². The molecule has 3 rings (SSSR count). The van der Waals surface area contributed by atoms with Crippen molar-refractivity contribution >= 4 is 0 Å². The average molecular weight is 268 g/mol. The van der Waals surface area contributed by atoms with E-state index in [4.69, 9.17) is 5.73 Å². The van der Waals surface area contributed by atoms with Crippen LogP contribution in [0.25, 0.3) is 0 Å². The molecule has 2 atom stereocenters. The van der Waals surface area contributed by atoms with Crippen LogP contribution in [0.1, 0.15) is 35.2 Å². The van der Waals surface area contributed by atoms with Crippen molar-refractivity contribution in [2.75, 3.05) is 6.54 Å².